The Morgan fingerprint density at radius 1 is 0.428 bits per heavy atom. The number of fused-ring (bicyclic) bond motifs is 18. The molecule has 4 amide bonds. The van der Waals surface area contributed by atoms with E-state index in [4.69, 9.17) is 24.7 Å². The van der Waals surface area contributed by atoms with Crippen molar-refractivity contribution in [3.8, 4) is 56.6 Å². The average Bonchev–Trinajstić information content (AvgIpc) is 0.933. The smallest absolute Gasteiger partial charge is 0.301 e. The Hall–Kier alpha value is -15.3. The molecule has 3 N–H and O–H groups in total. The van der Waals surface area contributed by atoms with Crippen LogP contribution in [0.1, 0.15) is 149 Å². The highest BCUT2D eigenvalue weighted by molar-refractivity contribution is 6.13. The first-order chi connectivity index (χ1) is 66.1. The average molecular weight is 1860 g/mol. The van der Waals surface area contributed by atoms with Gasteiger partial charge in [-0.2, -0.15) is 0 Å². The number of aromatic nitrogens is 15. The second-order valence-corrected chi connectivity index (χ2v) is 37.9. The zero-order chi connectivity index (χ0) is 97.6. The predicted octanol–water partition coefficient (Wildman–Crippen LogP) is 16.1. The van der Waals surface area contributed by atoms with E-state index in [-0.39, 0.29) is 131 Å². The molecular weight excluding hydrogens is 1750 g/mol. The molecule has 0 radical (unpaired) electrons. The molecule has 33 heteroatoms. The number of hydrogen-bond acceptors (Lipinski definition) is 20. The number of pyridine rings is 9. The van der Waals surface area contributed by atoms with E-state index in [0.29, 0.717) is 152 Å². The van der Waals surface area contributed by atoms with Crippen LogP contribution in [0.5, 0.6) is 5.75 Å². The van der Waals surface area contributed by atoms with Gasteiger partial charge in [0.2, 0.25) is 23.5 Å². The molecule has 706 valence electrons. The maximum Gasteiger partial charge on any atom is 0.301 e. The number of ether oxygens (including phenoxy) is 1. The van der Waals surface area contributed by atoms with Crippen molar-refractivity contribution in [3.63, 3.8) is 0 Å². The standard InChI is InChI=1S/C35H35FN8O3.C35H36FN7O3.C35H36FN7O2/c1-8-25(45)42-15-24-34(46)41(7)32-31(43(24)14-20(42)6)21-13-22(36)28(26-18(4)9-10-23-29(26)39-16-38-23)40-33(21)44(35(32)47)30-19(5)11-12-37-27(30)17(2)3;1-7-26(44)41-16-22-11-13-46-33-32(42(22)15-21(41)6)23-14-24(36)29(27-19(4)8-9-25-30(27)39-17-38-25)40-34(23)43(35(33)45)31-20(5)10-12-37-28(31)18(2)3;1-7-27(44)41-16-22-9-10-23-33(42(22)15-21(41)6)24-14-25(36)30(28-19(4)8-11-26-31(28)39-17-38-26)40-34(24)43(35(23)45)32-20(5)12-13-37-29(32)18(2)3/h8-13,16-17,20,24H,1,14-15H2,2-7H3,(H,38,39);7-10,12,14,17-18,21-22H,1,11,13,15-16H2,2-6H3,(H,38,39);7-8,11-14,17-18,21-22H,1,9-10,15-16H2,2-6H3,(H,38,39). The number of likely N-dealkylation sites (N-methyl/N-ethyl adjacent to an activating group) is 1. The number of aryl methyl sites for hydroxylation is 6. The fourth-order valence-electron chi connectivity index (χ4n) is 21.4. The summed E-state index contributed by atoms with van der Waals surface area (Å²) < 4.78 is 60.8. The Bertz CT molecular complexity index is 7880. The minimum Gasteiger partial charge on any atom is -0.486 e. The lowest BCUT2D eigenvalue weighted by molar-refractivity contribution is -0.131. The van der Waals surface area contributed by atoms with Crippen LogP contribution in [0.2, 0.25) is 0 Å². The normalized spacial score (nSPS) is 18.0. The second-order valence-electron chi connectivity index (χ2n) is 37.9. The summed E-state index contributed by atoms with van der Waals surface area (Å²) in [6.45, 7) is 42.8. The van der Waals surface area contributed by atoms with E-state index in [9.17, 15) is 33.6 Å². The molecule has 6 aliphatic heterocycles. The van der Waals surface area contributed by atoms with Gasteiger partial charge in [0.1, 0.15) is 51.9 Å². The molecule has 0 aliphatic carbocycles. The van der Waals surface area contributed by atoms with Crippen LogP contribution < -0.4 is 41.0 Å². The zero-order valence-corrected chi connectivity index (χ0v) is 79.9. The molecule has 0 spiro atoms. The molecule has 18 heterocycles. The monoisotopic (exact) mass is 1860 g/mol. The van der Waals surface area contributed by atoms with Crippen LogP contribution in [-0.2, 0) is 25.6 Å². The lowest BCUT2D eigenvalue weighted by Crippen LogP contribution is -2.66. The third kappa shape index (κ3) is 14.9. The highest BCUT2D eigenvalue weighted by atomic mass is 19.1. The van der Waals surface area contributed by atoms with Gasteiger partial charge >= 0.3 is 5.56 Å². The first kappa shape index (κ1) is 91.8. The van der Waals surface area contributed by atoms with Gasteiger partial charge in [0, 0.05) is 127 Å². The van der Waals surface area contributed by atoms with Gasteiger partial charge in [0.15, 0.2) is 11.3 Å². The predicted molar refractivity (Wildman–Crippen MR) is 531 cm³/mol. The van der Waals surface area contributed by atoms with E-state index in [1.165, 1.54) is 45.9 Å². The van der Waals surface area contributed by atoms with E-state index in [2.05, 4.69) is 69.4 Å². The Morgan fingerprint density at radius 2 is 0.790 bits per heavy atom. The Kier molecular flexibility index (Phi) is 23.6. The molecule has 3 aromatic carbocycles. The lowest BCUT2D eigenvalue weighted by atomic mass is 9.91. The van der Waals surface area contributed by atoms with Crippen molar-refractivity contribution in [1.82, 2.24) is 88.2 Å². The molecule has 6 atom stereocenters. The summed E-state index contributed by atoms with van der Waals surface area (Å²) in [6.07, 6.45) is 15.6. The number of anilines is 4. The largest absolute Gasteiger partial charge is 0.486 e. The van der Waals surface area contributed by atoms with E-state index in [1.54, 1.807) is 63.6 Å². The molecule has 21 rings (SSSR count). The van der Waals surface area contributed by atoms with Gasteiger partial charge in [-0.05, 0) is 199 Å². The zero-order valence-electron chi connectivity index (χ0n) is 79.9. The number of H-pyrrole nitrogens is 3. The topological polar surface area (TPSA) is 330 Å². The molecule has 138 heavy (non-hydrogen) atoms. The fourth-order valence-corrected chi connectivity index (χ4v) is 21.4. The summed E-state index contributed by atoms with van der Waals surface area (Å²) in [5.74, 6) is -2.43. The van der Waals surface area contributed by atoms with E-state index in [0.717, 1.165) is 61.3 Å². The number of rotatable bonds is 12. The first-order valence-corrected chi connectivity index (χ1v) is 46.7. The van der Waals surface area contributed by atoms with Crippen LogP contribution in [0.15, 0.2) is 163 Å². The van der Waals surface area contributed by atoms with Gasteiger partial charge in [-0.1, -0.05) is 79.5 Å². The van der Waals surface area contributed by atoms with E-state index >= 15 is 13.2 Å². The lowest BCUT2D eigenvalue weighted by Gasteiger charge is -2.49. The molecule has 6 aliphatic rings. The Labute approximate surface area is 792 Å². The van der Waals surface area contributed by atoms with Gasteiger partial charge in [-0.25, -0.2) is 43.1 Å². The van der Waals surface area contributed by atoms with Crippen molar-refractivity contribution >= 4 is 113 Å². The molecule has 15 aromatic rings. The summed E-state index contributed by atoms with van der Waals surface area (Å²) in [5.41, 5.74) is 17.1. The van der Waals surface area contributed by atoms with Crippen LogP contribution in [-0.4, -0.2) is 201 Å². The number of nitrogens with one attached hydrogen (secondary N) is 3. The molecule has 3 saturated heterocycles. The van der Waals surface area contributed by atoms with Gasteiger partial charge in [-0.3, -0.25) is 62.2 Å². The van der Waals surface area contributed by atoms with Crippen LogP contribution in [0.4, 0.5) is 35.9 Å². The Balaban J connectivity index is 0.000000132. The number of benzene rings is 3. The van der Waals surface area contributed by atoms with Crippen molar-refractivity contribution in [2.45, 2.75) is 177 Å². The van der Waals surface area contributed by atoms with Crippen molar-refractivity contribution in [1.29, 1.82) is 0 Å². The Morgan fingerprint density at radius 3 is 1.20 bits per heavy atom. The van der Waals surface area contributed by atoms with Crippen molar-refractivity contribution in [3.05, 3.63) is 253 Å². The highest BCUT2D eigenvalue weighted by Crippen LogP contribution is 2.49. The summed E-state index contributed by atoms with van der Waals surface area (Å²) in [7, 11) is 1.55. The summed E-state index contributed by atoms with van der Waals surface area (Å²) in [6, 6.07) is 19.8. The summed E-state index contributed by atoms with van der Waals surface area (Å²) in [4.78, 5) is 161. The van der Waals surface area contributed by atoms with Crippen LogP contribution >= 0.6 is 0 Å². The maximum atomic E-state index is 16.6. The SMILES string of the molecule is C=CC(=O)N1CC2C(=O)N(C)c3c(c4cc(F)c(-c5c(C)ccc6[nH]cnc56)nc4n(-c4c(C)ccnc4C(C)C)c3=O)N2CC1C.C=CC(=O)N1CC2CCOc3c(c4cc(F)c(-c5c(C)ccc6[nH]cnc56)nc4n(-c4c(C)ccnc4C(C)C)c3=O)N2CC1C.C=CC(=O)N1CC2CCc3c(c4cc(F)c(-c5c(C)ccc6[nH]cnc56)nc4n(-c4c(C)ccnc4C(C)C)c3=O)N2CC1C. The maximum absolute atomic E-state index is 16.6. The number of amides is 4. The van der Waals surface area contributed by atoms with Crippen LogP contribution in [0, 0.1) is 59.0 Å². The van der Waals surface area contributed by atoms with E-state index < -0.39 is 34.6 Å². The number of carbonyl (C=O) groups excluding carboxylic acids is 4. The van der Waals surface area contributed by atoms with Gasteiger partial charge in [0.25, 0.3) is 17.0 Å². The van der Waals surface area contributed by atoms with Gasteiger partial charge in [0.05, 0.1) is 122 Å². The van der Waals surface area contributed by atoms with Crippen LogP contribution in [0.25, 0.3) is 117 Å². The number of imidazole rings is 3. The number of carbonyl (C=O) groups is 4. The fraction of sp³-hybridized carbons (Fsp3) is 0.333. The van der Waals surface area contributed by atoms with Crippen molar-refractivity contribution in [2.24, 2.45) is 0 Å². The molecule has 12 aromatic heterocycles. The summed E-state index contributed by atoms with van der Waals surface area (Å²) >= 11 is 0. The third-order valence-electron chi connectivity index (χ3n) is 28.2. The molecule has 6 unspecified atom stereocenters. The van der Waals surface area contributed by atoms with Crippen molar-refractivity contribution in [2.75, 3.05) is 72.5 Å². The minimum atomic E-state index is -0.791. The van der Waals surface area contributed by atoms with Gasteiger partial charge < -0.3 is 54.0 Å². The third-order valence-corrected chi connectivity index (χ3v) is 28.2. The van der Waals surface area contributed by atoms with E-state index in [1.807, 2.05) is 168 Å². The number of hydrogen-bond donors (Lipinski definition) is 3. The molecule has 30 nitrogen and oxygen atoms in total. The number of piperazine rings is 3. The van der Waals surface area contributed by atoms with Crippen molar-refractivity contribution < 1.29 is 37.1 Å². The molecular formula is C105H107F3N22O8. The molecule has 0 bridgehead atoms. The number of nitrogens with zero attached hydrogens (tertiary/aromatic N) is 19. The summed E-state index contributed by atoms with van der Waals surface area (Å²) in [5, 5.41) is 1.38. The highest BCUT2D eigenvalue weighted by Gasteiger charge is 2.48. The molecule has 3 fully saturated rings. The minimum absolute atomic E-state index is 0.0164. The second kappa shape index (κ2) is 35.4. The first-order valence-electron chi connectivity index (χ1n) is 46.7. The van der Waals surface area contributed by atoms with Crippen LogP contribution in [0.3, 0.4) is 0 Å². The number of aromatic amines is 3. The number of halogens is 3. The quantitative estimate of drug-likeness (QED) is 0.0957. The van der Waals surface area contributed by atoms with Gasteiger partial charge in [-0.15, -0.1) is 0 Å². The molecule has 0 saturated carbocycles.